The summed E-state index contributed by atoms with van der Waals surface area (Å²) in [6, 6.07) is 2.55. The summed E-state index contributed by atoms with van der Waals surface area (Å²) in [7, 11) is 0. The maximum atomic E-state index is 13.0. The first-order valence-electron chi connectivity index (χ1n) is 9.13. The third kappa shape index (κ3) is 4.13. The Bertz CT molecular complexity index is 1130. The fourth-order valence-corrected chi connectivity index (χ4v) is 4.89. The average molecular weight is 476 g/mol. The second-order valence-electron chi connectivity index (χ2n) is 7.21. The van der Waals surface area contributed by atoms with Crippen molar-refractivity contribution in [3.05, 3.63) is 28.9 Å². The van der Waals surface area contributed by atoms with Crippen molar-refractivity contribution in [2.75, 3.05) is 17.7 Å². The molecule has 0 saturated heterocycles. The Morgan fingerprint density at radius 1 is 1.19 bits per heavy atom. The number of thiazole rings is 1. The molecule has 1 aromatic carbocycles. The van der Waals surface area contributed by atoms with Crippen LogP contribution in [0.2, 0.25) is 5.15 Å². The lowest BCUT2D eigenvalue weighted by atomic mass is 10.1. The molecule has 0 radical (unpaired) electrons. The van der Waals surface area contributed by atoms with Crippen LogP contribution in [0, 0.1) is 5.92 Å². The van der Waals surface area contributed by atoms with Crippen LogP contribution in [-0.2, 0) is 6.18 Å². The Morgan fingerprint density at radius 3 is 2.58 bits per heavy atom. The number of aromatic nitrogens is 3. The minimum absolute atomic E-state index is 0.0724. The summed E-state index contributed by atoms with van der Waals surface area (Å²) < 4.78 is 39.6. The molecule has 1 fully saturated rings. The van der Waals surface area contributed by atoms with Crippen molar-refractivity contribution < 1.29 is 28.5 Å². The number of hydrogen-bond acceptors (Lipinski definition) is 9. The maximum absolute atomic E-state index is 13.0. The molecule has 1 aliphatic rings. The highest BCUT2D eigenvalue weighted by Gasteiger charge is 2.41. The van der Waals surface area contributed by atoms with E-state index in [0.717, 1.165) is 23.5 Å². The first kappa shape index (κ1) is 22.0. The van der Waals surface area contributed by atoms with Gasteiger partial charge in [-0.15, -0.1) is 11.3 Å². The molecule has 2 aromatic heterocycles. The van der Waals surface area contributed by atoms with E-state index in [1.165, 1.54) is 6.07 Å². The third-order valence-corrected chi connectivity index (χ3v) is 6.50. The van der Waals surface area contributed by atoms with Gasteiger partial charge in [-0.25, -0.2) is 9.97 Å². The van der Waals surface area contributed by atoms with Crippen molar-refractivity contribution in [1.29, 1.82) is 0 Å². The Balaban J connectivity index is 1.75. The standard InChI is InChI=1S/C18H17ClF3N5O3S/c19-14-11(16-25-8-4-7(18(20,21)22)1-2-10(8)31-16)15(27-17(23)26-14)24-9-3-6(5-28)12(29)13(9)30/h1-2,4,6,9,12-13,28-30H,3,5H2,(H3,23,24,26,27). The molecule has 0 spiro atoms. The molecule has 1 aliphatic carbocycles. The third-order valence-electron chi connectivity index (χ3n) is 5.17. The second kappa shape index (κ2) is 8.02. The minimum Gasteiger partial charge on any atom is -0.396 e. The molecule has 4 atom stereocenters. The average Bonchev–Trinajstić information content (AvgIpc) is 3.22. The number of benzene rings is 1. The van der Waals surface area contributed by atoms with Crippen molar-refractivity contribution in [3.63, 3.8) is 0 Å². The van der Waals surface area contributed by atoms with Crippen LogP contribution in [0.1, 0.15) is 12.0 Å². The maximum Gasteiger partial charge on any atom is 0.416 e. The van der Waals surface area contributed by atoms with Crippen LogP contribution in [0.4, 0.5) is 24.9 Å². The lowest BCUT2D eigenvalue weighted by Gasteiger charge is -2.20. The number of nitrogens with two attached hydrogens (primary N) is 1. The van der Waals surface area contributed by atoms with Crippen LogP contribution in [0.15, 0.2) is 18.2 Å². The van der Waals surface area contributed by atoms with E-state index < -0.39 is 35.9 Å². The fraction of sp³-hybridized carbons (Fsp3) is 0.389. The van der Waals surface area contributed by atoms with Gasteiger partial charge in [-0.2, -0.15) is 18.2 Å². The molecule has 0 bridgehead atoms. The molecule has 1 saturated carbocycles. The number of aliphatic hydroxyl groups excluding tert-OH is 3. The summed E-state index contributed by atoms with van der Waals surface area (Å²) in [6.45, 7) is -0.310. The monoisotopic (exact) mass is 475 g/mol. The molecule has 0 aliphatic heterocycles. The molecular weight excluding hydrogens is 459 g/mol. The molecule has 0 amide bonds. The van der Waals surface area contributed by atoms with E-state index in [-0.39, 0.29) is 46.0 Å². The summed E-state index contributed by atoms with van der Waals surface area (Å²) in [4.78, 5) is 12.3. The van der Waals surface area contributed by atoms with Crippen molar-refractivity contribution in [3.8, 4) is 10.6 Å². The molecule has 8 nitrogen and oxygen atoms in total. The van der Waals surface area contributed by atoms with Gasteiger partial charge in [-0.1, -0.05) is 11.6 Å². The molecule has 166 valence electrons. The lowest BCUT2D eigenvalue weighted by Crippen LogP contribution is -2.35. The number of halogens is 4. The van der Waals surface area contributed by atoms with Crippen LogP contribution in [0.3, 0.4) is 0 Å². The van der Waals surface area contributed by atoms with Crippen LogP contribution >= 0.6 is 22.9 Å². The van der Waals surface area contributed by atoms with Gasteiger partial charge in [0.1, 0.15) is 22.1 Å². The van der Waals surface area contributed by atoms with Crippen molar-refractivity contribution >= 4 is 44.9 Å². The van der Waals surface area contributed by atoms with Gasteiger partial charge in [0.05, 0.1) is 33.5 Å². The normalized spacial score (nSPS) is 24.1. The fourth-order valence-electron chi connectivity index (χ4n) is 3.58. The highest BCUT2D eigenvalue weighted by atomic mass is 35.5. The van der Waals surface area contributed by atoms with Crippen LogP contribution in [-0.4, -0.2) is 55.1 Å². The predicted molar refractivity (Wildman–Crippen MR) is 110 cm³/mol. The number of anilines is 2. The van der Waals surface area contributed by atoms with E-state index in [1.807, 2.05) is 0 Å². The predicted octanol–water partition coefficient (Wildman–Crippen LogP) is 2.52. The van der Waals surface area contributed by atoms with Gasteiger partial charge in [0.2, 0.25) is 5.95 Å². The van der Waals surface area contributed by atoms with E-state index in [4.69, 9.17) is 17.3 Å². The Morgan fingerprint density at radius 2 is 1.94 bits per heavy atom. The molecular formula is C18H17ClF3N5O3S. The number of alkyl halides is 3. The number of hydrogen-bond donors (Lipinski definition) is 5. The summed E-state index contributed by atoms with van der Waals surface area (Å²) in [6.07, 6.45) is -6.59. The molecule has 13 heteroatoms. The zero-order valence-corrected chi connectivity index (χ0v) is 17.2. The molecule has 6 N–H and O–H groups in total. The van der Waals surface area contributed by atoms with Crippen molar-refractivity contribution in [2.24, 2.45) is 5.92 Å². The summed E-state index contributed by atoms with van der Waals surface area (Å²) in [5.74, 6) is -0.584. The largest absolute Gasteiger partial charge is 0.416 e. The topological polar surface area (TPSA) is 137 Å². The van der Waals surface area contributed by atoms with Crippen LogP contribution in [0.5, 0.6) is 0 Å². The summed E-state index contributed by atoms with van der Waals surface area (Å²) in [5, 5.41) is 32.9. The van der Waals surface area contributed by atoms with Gasteiger partial charge in [0, 0.05) is 12.5 Å². The summed E-state index contributed by atoms with van der Waals surface area (Å²) in [5.41, 5.74) is 5.21. The Hall–Kier alpha value is -2.25. The molecule has 3 aromatic rings. The van der Waals surface area contributed by atoms with Crippen LogP contribution in [0.25, 0.3) is 20.8 Å². The smallest absolute Gasteiger partial charge is 0.396 e. The molecule has 4 rings (SSSR count). The first-order valence-corrected chi connectivity index (χ1v) is 10.3. The van der Waals surface area contributed by atoms with E-state index in [9.17, 15) is 28.5 Å². The Labute approximate surface area is 182 Å². The number of rotatable bonds is 4. The number of nitrogen functional groups attached to an aromatic ring is 1. The zero-order chi connectivity index (χ0) is 22.5. The minimum atomic E-state index is -4.50. The van der Waals surface area contributed by atoms with E-state index in [2.05, 4.69) is 20.3 Å². The quantitative estimate of drug-likeness (QED) is 0.363. The number of nitrogens with zero attached hydrogens (tertiary/aromatic N) is 3. The number of nitrogens with one attached hydrogen (secondary N) is 1. The summed E-state index contributed by atoms with van der Waals surface area (Å²) >= 11 is 7.36. The van der Waals surface area contributed by atoms with E-state index >= 15 is 0 Å². The number of aliphatic hydroxyl groups is 3. The van der Waals surface area contributed by atoms with Gasteiger partial charge in [0.25, 0.3) is 0 Å². The van der Waals surface area contributed by atoms with Crippen molar-refractivity contribution in [2.45, 2.75) is 30.8 Å². The Kier molecular flexibility index (Phi) is 5.68. The van der Waals surface area contributed by atoms with E-state index in [0.29, 0.717) is 4.70 Å². The van der Waals surface area contributed by atoms with Crippen molar-refractivity contribution in [1.82, 2.24) is 15.0 Å². The van der Waals surface area contributed by atoms with Crippen LogP contribution < -0.4 is 11.1 Å². The molecule has 4 unspecified atom stereocenters. The lowest BCUT2D eigenvalue weighted by molar-refractivity contribution is -0.137. The van der Waals surface area contributed by atoms with Gasteiger partial charge in [-0.3, -0.25) is 0 Å². The van der Waals surface area contributed by atoms with Gasteiger partial charge < -0.3 is 26.4 Å². The van der Waals surface area contributed by atoms with Gasteiger partial charge in [-0.05, 0) is 24.6 Å². The SMILES string of the molecule is Nc1nc(Cl)c(-c2nc3cc(C(F)(F)F)ccc3s2)c(NC2CC(CO)C(O)C2O)n1. The molecule has 31 heavy (non-hydrogen) atoms. The highest BCUT2D eigenvalue weighted by molar-refractivity contribution is 7.21. The van der Waals surface area contributed by atoms with Gasteiger partial charge >= 0.3 is 6.18 Å². The zero-order valence-electron chi connectivity index (χ0n) is 15.6. The second-order valence-corrected chi connectivity index (χ2v) is 8.59. The first-order chi connectivity index (χ1) is 14.6. The molecule has 2 heterocycles. The highest BCUT2D eigenvalue weighted by Crippen LogP contribution is 2.41. The number of fused-ring (bicyclic) bond motifs is 1. The van der Waals surface area contributed by atoms with E-state index in [1.54, 1.807) is 0 Å². The van der Waals surface area contributed by atoms with Gasteiger partial charge in [0.15, 0.2) is 0 Å².